The van der Waals surface area contributed by atoms with E-state index in [1.807, 2.05) is 0 Å². The molecule has 4 nitrogen and oxygen atoms in total. The number of halogens is 1. The molecule has 5 heteroatoms. The maximum absolute atomic E-state index is 13.4. The van der Waals surface area contributed by atoms with E-state index in [-0.39, 0.29) is 17.5 Å². The molecule has 1 N–H and O–H groups in total. The van der Waals surface area contributed by atoms with E-state index in [1.165, 1.54) is 12.1 Å². The second kappa shape index (κ2) is 3.94. The molecule has 1 aliphatic heterocycles. The van der Waals surface area contributed by atoms with Gasteiger partial charge in [0.2, 0.25) is 0 Å². The lowest BCUT2D eigenvalue weighted by atomic mass is 10.0. The summed E-state index contributed by atoms with van der Waals surface area (Å²) in [6, 6.07) is 3.59. The summed E-state index contributed by atoms with van der Waals surface area (Å²) in [5, 5.41) is 13.7. The molecule has 15 heavy (non-hydrogen) atoms. The average Bonchev–Trinajstić information content (AvgIpc) is 2.71. The largest absolute Gasteiger partial charge is 0.310 e. The number of rotatable bonds is 2. The van der Waals surface area contributed by atoms with Crippen LogP contribution in [0, 0.1) is 15.9 Å². The van der Waals surface area contributed by atoms with Crippen molar-refractivity contribution < 1.29 is 9.31 Å². The Bertz CT molecular complexity index is 389. The van der Waals surface area contributed by atoms with Crippen LogP contribution in [-0.4, -0.2) is 11.5 Å². The molecule has 0 unspecified atom stereocenters. The standard InChI is InChI=1S/C10H11FN2O2/c11-9-4-3-7(13(14)15)6-8(9)10-2-1-5-12-10/h3-4,6,10,12H,1-2,5H2/t10-/m1/s1. The SMILES string of the molecule is O=[N+]([O-])c1ccc(F)c([C@H]2CCCN2)c1. The quantitative estimate of drug-likeness (QED) is 0.601. The van der Waals surface area contributed by atoms with E-state index in [4.69, 9.17) is 0 Å². The Labute approximate surface area is 86.3 Å². The fraction of sp³-hybridized carbons (Fsp3) is 0.400. The van der Waals surface area contributed by atoms with Gasteiger partial charge in [0.05, 0.1) is 4.92 Å². The maximum Gasteiger partial charge on any atom is 0.269 e. The number of nitrogens with zero attached hydrogens (tertiary/aromatic N) is 1. The molecular weight excluding hydrogens is 199 g/mol. The molecule has 80 valence electrons. The fourth-order valence-electron chi connectivity index (χ4n) is 1.86. The molecule has 0 aliphatic carbocycles. The monoisotopic (exact) mass is 210 g/mol. The Morgan fingerprint density at radius 1 is 1.53 bits per heavy atom. The molecule has 0 radical (unpaired) electrons. The number of non-ortho nitro benzene ring substituents is 1. The minimum Gasteiger partial charge on any atom is -0.310 e. The van der Waals surface area contributed by atoms with Gasteiger partial charge in [0.1, 0.15) is 5.82 Å². The van der Waals surface area contributed by atoms with Crippen molar-refractivity contribution in [3.05, 3.63) is 39.7 Å². The van der Waals surface area contributed by atoms with Gasteiger partial charge in [-0.05, 0) is 25.5 Å². The van der Waals surface area contributed by atoms with Crippen LogP contribution in [0.25, 0.3) is 0 Å². The normalized spacial score (nSPS) is 20.5. The number of nitrogens with one attached hydrogen (secondary N) is 1. The number of nitro groups is 1. The first-order chi connectivity index (χ1) is 7.18. The summed E-state index contributed by atoms with van der Waals surface area (Å²) in [6.07, 6.45) is 1.81. The van der Waals surface area contributed by atoms with Gasteiger partial charge in [-0.2, -0.15) is 0 Å². The first-order valence-corrected chi connectivity index (χ1v) is 4.85. The molecule has 0 aromatic heterocycles. The Balaban J connectivity index is 2.35. The van der Waals surface area contributed by atoms with Gasteiger partial charge < -0.3 is 5.32 Å². The van der Waals surface area contributed by atoms with Crippen LogP contribution in [0.1, 0.15) is 24.4 Å². The molecule has 0 amide bonds. The van der Waals surface area contributed by atoms with Gasteiger partial charge in [-0.25, -0.2) is 4.39 Å². The first-order valence-electron chi connectivity index (χ1n) is 4.85. The third kappa shape index (κ3) is 1.97. The van der Waals surface area contributed by atoms with Gasteiger partial charge in [-0.3, -0.25) is 10.1 Å². The summed E-state index contributed by atoms with van der Waals surface area (Å²) in [5.41, 5.74) is 0.349. The van der Waals surface area contributed by atoms with Crippen molar-refractivity contribution in [1.82, 2.24) is 5.32 Å². The van der Waals surface area contributed by atoms with E-state index in [0.717, 1.165) is 25.5 Å². The smallest absolute Gasteiger partial charge is 0.269 e. The van der Waals surface area contributed by atoms with Crippen LogP contribution < -0.4 is 5.32 Å². The van der Waals surface area contributed by atoms with Crippen molar-refractivity contribution >= 4 is 5.69 Å². The van der Waals surface area contributed by atoms with Crippen LogP contribution >= 0.6 is 0 Å². The molecule has 2 rings (SSSR count). The lowest BCUT2D eigenvalue weighted by Gasteiger charge is -2.10. The van der Waals surface area contributed by atoms with Gasteiger partial charge >= 0.3 is 0 Å². The van der Waals surface area contributed by atoms with Crippen LogP contribution in [0.2, 0.25) is 0 Å². The topological polar surface area (TPSA) is 55.2 Å². The van der Waals surface area contributed by atoms with Gasteiger partial charge in [-0.1, -0.05) is 0 Å². The lowest BCUT2D eigenvalue weighted by Crippen LogP contribution is -2.14. The molecule has 0 saturated carbocycles. The van der Waals surface area contributed by atoms with Crippen LogP contribution in [0.4, 0.5) is 10.1 Å². The molecule has 1 heterocycles. The van der Waals surface area contributed by atoms with Crippen molar-refractivity contribution in [3.63, 3.8) is 0 Å². The van der Waals surface area contributed by atoms with Crippen molar-refractivity contribution in [2.75, 3.05) is 6.54 Å². The zero-order valence-corrected chi connectivity index (χ0v) is 8.07. The number of hydrogen-bond donors (Lipinski definition) is 1. The summed E-state index contributed by atoms with van der Waals surface area (Å²) >= 11 is 0. The van der Waals surface area contributed by atoms with Crippen LogP contribution in [-0.2, 0) is 0 Å². The minimum absolute atomic E-state index is 0.0555. The van der Waals surface area contributed by atoms with Gasteiger partial charge in [0.25, 0.3) is 5.69 Å². The van der Waals surface area contributed by atoms with Crippen molar-refractivity contribution in [3.8, 4) is 0 Å². The summed E-state index contributed by atoms with van der Waals surface area (Å²) in [6.45, 7) is 0.840. The van der Waals surface area contributed by atoms with Crippen molar-refractivity contribution in [2.24, 2.45) is 0 Å². The highest BCUT2D eigenvalue weighted by Gasteiger charge is 2.21. The van der Waals surface area contributed by atoms with Gasteiger partial charge in [-0.15, -0.1) is 0 Å². The van der Waals surface area contributed by atoms with E-state index in [0.29, 0.717) is 5.56 Å². The van der Waals surface area contributed by atoms with E-state index < -0.39 is 4.92 Å². The second-order valence-electron chi connectivity index (χ2n) is 3.61. The van der Waals surface area contributed by atoms with E-state index in [2.05, 4.69) is 5.32 Å². The van der Waals surface area contributed by atoms with Crippen molar-refractivity contribution in [2.45, 2.75) is 18.9 Å². The van der Waals surface area contributed by atoms with Gasteiger partial charge in [0, 0.05) is 23.7 Å². The second-order valence-corrected chi connectivity index (χ2v) is 3.61. The van der Waals surface area contributed by atoms with Crippen LogP contribution in [0.15, 0.2) is 18.2 Å². The third-order valence-corrected chi connectivity index (χ3v) is 2.63. The summed E-state index contributed by atoms with van der Waals surface area (Å²) < 4.78 is 13.4. The van der Waals surface area contributed by atoms with E-state index >= 15 is 0 Å². The Morgan fingerprint density at radius 2 is 2.33 bits per heavy atom. The third-order valence-electron chi connectivity index (χ3n) is 2.63. The summed E-state index contributed by atoms with van der Waals surface area (Å²) in [5.74, 6) is -0.375. The van der Waals surface area contributed by atoms with E-state index in [9.17, 15) is 14.5 Å². The lowest BCUT2D eigenvalue weighted by molar-refractivity contribution is -0.385. The maximum atomic E-state index is 13.4. The molecule has 0 spiro atoms. The zero-order valence-electron chi connectivity index (χ0n) is 8.07. The minimum atomic E-state index is -0.502. The highest BCUT2D eigenvalue weighted by molar-refractivity contribution is 5.37. The molecule has 1 aliphatic rings. The van der Waals surface area contributed by atoms with Gasteiger partial charge in [0.15, 0.2) is 0 Å². The number of hydrogen-bond acceptors (Lipinski definition) is 3. The molecular formula is C10H11FN2O2. The van der Waals surface area contributed by atoms with Crippen molar-refractivity contribution in [1.29, 1.82) is 0 Å². The number of nitro benzene ring substituents is 1. The Hall–Kier alpha value is -1.49. The summed E-state index contributed by atoms with van der Waals surface area (Å²) in [4.78, 5) is 10.0. The molecule has 1 aromatic rings. The Morgan fingerprint density at radius 3 is 2.93 bits per heavy atom. The number of benzene rings is 1. The highest BCUT2D eigenvalue weighted by atomic mass is 19.1. The molecule has 1 fully saturated rings. The average molecular weight is 210 g/mol. The van der Waals surface area contributed by atoms with E-state index in [1.54, 1.807) is 0 Å². The molecule has 0 bridgehead atoms. The predicted molar refractivity (Wildman–Crippen MR) is 53.0 cm³/mol. The highest BCUT2D eigenvalue weighted by Crippen LogP contribution is 2.28. The summed E-state index contributed by atoms with van der Waals surface area (Å²) in [7, 11) is 0. The van der Waals surface area contributed by atoms with Crippen LogP contribution in [0.3, 0.4) is 0 Å². The zero-order chi connectivity index (χ0) is 10.8. The Kier molecular flexibility index (Phi) is 2.64. The predicted octanol–water partition coefficient (Wildman–Crippen LogP) is 2.16. The first kappa shape index (κ1) is 10.0. The molecule has 1 saturated heterocycles. The van der Waals surface area contributed by atoms with Crippen LogP contribution in [0.5, 0.6) is 0 Å². The molecule has 1 atom stereocenters. The molecule has 1 aromatic carbocycles. The fourth-order valence-corrected chi connectivity index (χ4v) is 1.86.